The van der Waals surface area contributed by atoms with E-state index in [9.17, 15) is 13.5 Å². The average molecular weight is 458 g/mol. The van der Waals surface area contributed by atoms with Crippen LogP contribution in [0, 0.1) is 6.92 Å². The third kappa shape index (κ3) is 3.86. The highest BCUT2D eigenvalue weighted by molar-refractivity contribution is 7.99. The highest BCUT2D eigenvalue weighted by Gasteiger charge is 2.42. The average Bonchev–Trinajstić information content (AvgIpc) is 2.76. The van der Waals surface area contributed by atoms with E-state index in [2.05, 4.69) is 35.1 Å². The minimum Gasteiger partial charge on any atom is -0.393 e. The molecule has 0 aromatic heterocycles. The van der Waals surface area contributed by atoms with Crippen LogP contribution in [0.15, 0.2) is 51.1 Å². The molecule has 2 saturated carbocycles. The Labute approximate surface area is 189 Å². The Morgan fingerprint density at radius 2 is 1.68 bits per heavy atom. The zero-order chi connectivity index (χ0) is 21.6. The lowest BCUT2D eigenvalue weighted by Gasteiger charge is -2.43. The second-order valence-corrected chi connectivity index (χ2v) is 12.2. The lowest BCUT2D eigenvalue weighted by Crippen LogP contribution is -2.39. The molecule has 2 aliphatic carbocycles. The van der Waals surface area contributed by atoms with Crippen LogP contribution in [0.4, 0.5) is 0 Å². The van der Waals surface area contributed by atoms with Crippen molar-refractivity contribution >= 4 is 21.8 Å². The van der Waals surface area contributed by atoms with E-state index in [1.165, 1.54) is 35.3 Å². The van der Waals surface area contributed by atoms with Crippen molar-refractivity contribution in [3.63, 3.8) is 0 Å². The van der Waals surface area contributed by atoms with Gasteiger partial charge < -0.3 is 5.11 Å². The third-order valence-corrected chi connectivity index (χ3v) is 10.2. The summed E-state index contributed by atoms with van der Waals surface area (Å²) < 4.78 is 29.6. The Morgan fingerprint density at radius 3 is 2.42 bits per heavy atom. The number of benzene rings is 2. The van der Waals surface area contributed by atoms with Crippen molar-refractivity contribution in [1.82, 2.24) is 4.72 Å². The monoisotopic (exact) mass is 457 g/mol. The Balaban J connectivity index is 1.54. The van der Waals surface area contributed by atoms with Gasteiger partial charge in [0.05, 0.1) is 11.0 Å². The lowest BCUT2D eigenvalue weighted by atomic mass is 9.65. The zero-order valence-electron chi connectivity index (χ0n) is 18.1. The fourth-order valence-corrected chi connectivity index (χ4v) is 8.73. The van der Waals surface area contributed by atoms with Gasteiger partial charge in [0.2, 0.25) is 10.0 Å². The number of hydrogen-bond donors (Lipinski definition) is 2. The number of fused-ring (bicyclic) bond motifs is 4. The molecule has 2 aromatic rings. The Kier molecular flexibility index (Phi) is 5.70. The van der Waals surface area contributed by atoms with E-state index in [4.69, 9.17) is 0 Å². The first-order valence-electron chi connectivity index (χ1n) is 11.5. The second-order valence-electron chi connectivity index (χ2n) is 9.48. The van der Waals surface area contributed by atoms with Gasteiger partial charge in [0, 0.05) is 21.2 Å². The number of aryl methyl sites for hydroxylation is 1. The van der Waals surface area contributed by atoms with Gasteiger partial charge in [-0.1, -0.05) is 55.3 Å². The van der Waals surface area contributed by atoms with Crippen molar-refractivity contribution in [3.8, 4) is 0 Å². The molecule has 5 rings (SSSR count). The van der Waals surface area contributed by atoms with E-state index in [1.807, 2.05) is 13.0 Å². The van der Waals surface area contributed by atoms with Gasteiger partial charge in [-0.15, -0.1) is 0 Å². The van der Waals surface area contributed by atoms with Crippen molar-refractivity contribution in [3.05, 3.63) is 53.1 Å². The second kappa shape index (κ2) is 8.22. The SMILES string of the molecule is Cc1cc2c(cc1S(=O)(=O)NC1CCC(O)CC1)Sc1ccccc1C21CCCCC1. The summed E-state index contributed by atoms with van der Waals surface area (Å²) in [6.45, 7) is 1.93. The summed E-state index contributed by atoms with van der Waals surface area (Å²) in [5.41, 5.74) is 3.57. The number of aliphatic hydroxyl groups is 1. The van der Waals surface area contributed by atoms with Gasteiger partial charge in [0.25, 0.3) is 0 Å². The van der Waals surface area contributed by atoms with E-state index >= 15 is 0 Å². The van der Waals surface area contributed by atoms with Crippen LogP contribution >= 0.6 is 11.8 Å². The van der Waals surface area contributed by atoms with Crippen LogP contribution in [0.3, 0.4) is 0 Å². The lowest BCUT2D eigenvalue weighted by molar-refractivity contribution is 0.120. The van der Waals surface area contributed by atoms with E-state index in [-0.39, 0.29) is 17.6 Å². The maximum absolute atomic E-state index is 13.3. The molecule has 2 aromatic carbocycles. The summed E-state index contributed by atoms with van der Waals surface area (Å²) in [6.07, 6.45) is 8.37. The molecule has 166 valence electrons. The van der Waals surface area contributed by atoms with Crippen molar-refractivity contribution in [2.75, 3.05) is 0 Å². The molecular weight excluding hydrogens is 426 g/mol. The predicted octanol–water partition coefficient (Wildman–Crippen LogP) is 5.29. The molecule has 0 amide bonds. The molecule has 0 radical (unpaired) electrons. The first-order valence-corrected chi connectivity index (χ1v) is 13.8. The predicted molar refractivity (Wildman–Crippen MR) is 124 cm³/mol. The van der Waals surface area contributed by atoms with Gasteiger partial charge in [0.15, 0.2) is 0 Å². The maximum Gasteiger partial charge on any atom is 0.241 e. The van der Waals surface area contributed by atoms with Crippen LogP contribution in [-0.2, 0) is 15.4 Å². The molecular formula is C25H31NO3S2. The largest absolute Gasteiger partial charge is 0.393 e. The Morgan fingerprint density at radius 1 is 0.968 bits per heavy atom. The van der Waals surface area contributed by atoms with E-state index < -0.39 is 10.0 Å². The summed E-state index contributed by atoms with van der Waals surface area (Å²) in [7, 11) is -3.61. The minimum atomic E-state index is -3.61. The number of sulfonamides is 1. The molecule has 6 heteroatoms. The van der Waals surface area contributed by atoms with Crippen LogP contribution in [0.2, 0.25) is 0 Å². The molecule has 2 fully saturated rings. The fraction of sp³-hybridized carbons (Fsp3) is 0.520. The van der Waals surface area contributed by atoms with Crippen LogP contribution in [0.5, 0.6) is 0 Å². The van der Waals surface area contributed by atoms with Crippen LogP contribution in [0.25, 0.3) is 0 Å². The van der Waals surface area contributed by atoms with Gasteiger partial charge in [-0.3, -0.25) is 0 Å². The van der Waals surface area contributed by atoms with Crippen molar-refractivity contribution in [1.29, 1.82) is 0 Å². The minimum absolute atomic E-state index is 0.00934. The molecule has 0 saturated heterocycles. The fourth-order valence-electron chi connectivity index (χ4n) is 5.80. The van der Waals surface area contributed by atoms with Gasteiger partial charge in [-0.2, -0.15) is 0 Å². The summed E-state index contributed by atoms with van der Waals surface area (Å²) >= 11 is 1.71. The van der Waals surface area contributed by atoms with Crippen molar-refractivity contribution < 1.29 is 13.5 Å². The van der Waals surface area contributed by atoms with E-state index in [0.717, 1.165) is 23.3 Å². The van der Waals surface area contributed by atoms with Gasteiger partial charge in [-0.25, -0.2) is 13.1 Å². The van der Waals surface area contributed by atoms with E-state index in [0.29, 0.717) is 30.6 Å². The summed E-state index contributed by atoms with van der Waals surface area (Å²) in [6, 6.07) is 12.6. The number of nitrogens with one attached hydrogen (secondary N) is 1. The van der Waals surface area contributed by atoms with E-state index in [1.54, 1.807) is 11.8 Å². The molecule has 0 unspecified atom stereocenters. The van der Waals surface area contributed by atoms with Crippen LogP contribution in [0.1, 0.15) is 74.5 Å². The Bertz CT molecular complexity index is 1080. The quantitative estimate of drug-likeness (QED) is 0.657. The first-order chi connectivity index (χ1) is 14.9. The van der Waals surface area contributed by atoms with Gasteiger partial charge in [0.1, 0.15) is 0 Å². The Hall–Kier alpha value is -1.34. The molecule has 1 heterocycles. The molecule has 31 heavy (non-hydrogen) atoms. The van der Waals surface area contributed by atoms with Gasteiger partial charge >= 0.3 is 0 Å². The highest BCUT2D eigenvalue weighted by atomic mass is 32.2. The summed E-state index contributed by atoms with van der Waals surface area (Å²) in [5, 5.41) is 9.74. The summed E-state index contributed by atoms with van der Waals surface area (Å²) in [5.74, 6) is 0. The van der Waals surface area contributed by atoms with Crippen LogP contribution in [-0.4, -0.2) is 25.7 Å². The third-order valence-electron chi connectivity index (χ3n) is 7.43. The molecule has 2 N–H and O–H groups in total. The number of rotatable bonds is 3. The smallest absolute Gasteiger partial charge is 0.241 e. The molecule has 4 nitrogen and oxygen atoms in total. The van der Waals surface area contributed by atoms with Crippen molar-refractivity contribution in [2.45, 2.75) is 97.0 Å². The number of hydrogen-bond acceptors (Lipinski definition) is 4. The molecule has 3 aliphatic rings. The molecule has 0 bridgehead atoms. The molecule has 1 aliphatic heterocycles. The summed E-state index contributed by atoms with van der Waals surface area (Å²) in [4.78, 5) is 2.75. The highest BCUT2D eigenvalue weighted by Crippen LogP contribution is 2.55. The molecule has 1 spiro atoms. The first kappa shape index (κ1) is 21.5. The van der Waals surface area contributed by atoms with Gasteiger partial charge in [-0.05, 0) is 74.3 Å². The topological polar surface area (TPSA) is 66.4 Å². The maximum atomic E-state index is 13.3. The van der Waals surface area contributed by atoms with Crippen LogP contribution < -0.4 is 4.72 Å². The number of aliphatic hydroxyl groups excluding tert-OH is 1. The normalized spacial score (nSPS) is 25.1. The molecule has 0 atom stereocenters. The van der Waals surface area contributed by atoms with Crippen molar-refractivity contribution in [2.24, 2.45) is 0 Å². The standard InChI is InChI=1S/C25H31NO3S2/c1-17-15-21-23(16-24(17)31(28,29)26-18-9-11-19(27)12-10-18)30-22-8-4-3-7-20(22)25(21)13-5-2-6-14-25/h3-4,7-8,15-16,18-19,26-27H,2,5-6,9-14H2,1H3. The zero-order valence-corrected chi connectivity index (χ0v) is 19.7.